The predicted molar refractivity (Wildman–Crippen MR) is 105 cm³/mol. The van der Waals surface area contributed by atoms with Gasteiger partial charge in [0.05, 0.1) is 21.6 Å². The van der Waals surface area contributed by atoms with Crippen LogP contribution in [0.15, 0.2) is 46.0 Å². The number of nitro benzene ring substituents is 1. The molecule has 0 aliphatic rings. The van der Waals surface area contributed by atoms with E-state index in [9.17, 15) is 38.4 Å². The summed E-state index contributed by atoms with van der Waals surface area (Å²) in [5.41, 5.74) is -2.93. The summed E-state index contributed by atoms with van der Waals surface area (Å²) in [5.74, 6) is -0.558. The number of nitrogens with one attached hydrogen (secondary N) is 3. The molecule has 1 aromatic heterocycles. The van der Waals surface area contributed by atoms with Crippen LogP contribution in [0.4, 0.5) is 10.1 Å². The highest BCUT2D eigenvalue weighted by Gasteiger charge is 2.30. The Balaban J connectivity index is 1.91. The van der Waals surface area contributed by atoms with E-state index >= 15 is 0 Å². The zero-order valence-electron chi connectivity index (χ0n) is 15.2. The lowest BCUT2D eigenvalue weighted by Crippen LogP contribution is -2.29. The second kappa shape index (κ2) is 8.28. The maximum Gasteiger partial charge on any atom is 0.334 e. The standard InChI is InChI=1S/C17H16FN4O7P/c18-11-3-1-9(2-4-11)14(30(27,28)29)8-19-7-10-5-12(22(25)26)6-13-15(10)21-17(24)16(23)20-13/h1-6,14,19H,7-8H2,(H,20,23)(H,21,24)(H2,27,28,29). The van der Waals surface area contributed by atoms with E-state index in [-0.39, 0.29) is 40.9 Å². The van der Waals surface area contributed by atoms with Gasteiger partial charge in [-0.2, -0.15) is 0 Å². The molecule has 3 rings (SSSR count). The molecule has 0 bridgehead atoms. The molecule has 1 heterocycles. The highest BCUT2D eigenvalue weighted by Crippen LogP contribution is 2.51. The van der Waals surface area contributed by atoms with Crippen molar-refractivity contribution in [3.05, 3.63) is 84.2 Å². The number of aromatic amines is 2. The van der Waals surface area contributed by atoms with E-state index in [1.165, 1.54) is 18.2 Å². The van der Waals surface area contributed by atoms with Gasteiger partial charge in [-0.15, -0.1) is 0 Å². The van der Waals surface area contributed by atoms with Crippen LogP contribution in [-0.2, 0) is 11.1 Å². The fourth-order valence-electron chi connectivity index (χ4n) is 2.99. The largest absolute Gasteiger partial charge is 0.334 e. The lowest BCUT2D eigenvalue weighted by atomic mass is 10.1. The van der Waals surface area contributed by atoms with Gasteiger partial charge >= 0.3 is 18.7 Å². The fourth-order valence-corrected chi connectivity index (χ4v) is 3.91. The van der Waals surface area contributed by atoms with Crippen molar-refractivity contribution in [3.8, 4) is 0 Å². The molecule has 11 nitrogen and oxygen atoms in total. The molecule has 0 aliphatic heterocycles. The van der Waals surface area contributed by atoms with Crippen LogP contribution in [0.3, 0.4) is 0 Å². The lowest BCUT2D eigenvalue weighted by Gasteiger charge is -2.19. The summed E-state index contributed by atoms with van der Waals surface area (Å²) in [5, 5.41) is 14.0. The number of hydrogen-bond acceptors (Lipinski definition) is 6. The molecule has 1 atom stereocenters. The van der Waals surface area contributed by atoms with Crippen LogP contribution in [-0.4, -0.2) is 31.2 Å². The first kappa shape index (κ1) is 21.5. The van der Waals surface area contributed by atoms with Crippen molar-refractivity contribution in [2.75, 3.05) is 6.54 Å². The number of halogens is 1. The van der Waals surface area contributed by atoms with Gasteiger partial charge in [0.25, 0.3) is 5.69 Å². The number of nitrogens with zero attached hydrogens (tertiary/aromatic N) is 1. The number of fused-ring (bicyclic) bond motifs is 1. The molecular formula is C17H16FN4O7P. The average Bonchev–Trinajstić information content (AvgIpc) is 2.66. The summed E-state index contributed by atoms with van der Waals surface area (Å²) in [6.45, 7) is -0.356. The fraction of sp³-hybridized carbons (Fsp3) is 0.176. The topological polar surface area (TPSA) is 178 Å². The molecule has 0 saturated carbocycles. The Bertz CT molecular complexity index is 1270. The quantitative estimate of drug-likeness (QED) is 0.158. The van der Waals surface area contributed by atoms with Crippen molar-refractivity contribution in [2.24, 2.45) is 0 Å². The molecule has 30 heavy (non-hydrogen) atoms. The van der Waals surface area contributed by atoms with E-state index < -0.39 is 35.1 Å². The Morgan fingerprint density at radius 1 is 1.13 bits per heavy atom. The molecule has 0 spiro atoms. The molecule has 1 unspecified atom stereocenters. The van der Waals surface area contributed by atoms with Crippen molar-refractivity contribution in [1.82, 2.24) is 15.3 Å². The number of rotatable bonds is 7. The monoisotopic (exact) mass is 438 g/mol. The third-order valence-corrected chi connectivity index (χ3v) is 5.72. The summed E-state index contributed by atoms with van der Waals surface area (Å²) in [4.78, 5) is 57.6. The maximum atomic E-state index is 13.1. The minimum absolute atomic E-state index is 0.0377. The van der Waals surface area contributed by atoms with E-state index in [4.69, 9.17) is 0 Å². The number of nitro groups is 1. The van der Waals surface area contributed by atoms with Gasteiger partial charge in [-0.3, -0.25) is 24.3 Å². The predicted octanol–water partition coefficient (Wildman–Crippen LogP) is 1.27. The second-order valence-electron chi connectivity index (χ2n) is 6.48. The Labute approximate surface area is 166 Å². The van der Waals surface area contributed by atoms with Crippen LogP contribution in [0.2, 0.25) is 0 Å². The Morgan fingerprint density at radius 2 is 1.77 bits per heavy atom. The van der Waals surface area contributed by atoms with Gasteiger partial charge < -0.3 is 25.1 Å². The zero-order valence-corrected chi connectivity index (χ0v) is 16.1. The molecule has 0 radical (unpaired) electrons. The highest BCUT2D eigenvalue weighted by atomic mass is 31.2. The van der Waals surface area contributed by atoms with Gasteiger partial charge in [0.2, 0.25) is 0 Å². The third kappa shape index (κ3) is 4.69. The van der Waals surface area contributed by atoms with Crippen LogP contribution in [0, 0.1) is 15.9 Å². The van der Waals surface area contributed by atoms with Crippen molar-refractivity contribution < 1.29 is 23.7 Å². The zero-order chi connectivity index (χ0) is 22.1. The molecular weight excluding hydrogens is 422 g/mol. The summed E-state index contributed by atoms with van der Waals surface area (Å²) < 4.78 is 25.0. The number of aromatic nitrogens is 2. The summed E-state index contributed by atoms with van der Waals surface area (Å²) >= 11 is 0. The van der Waals surface area contributed by atoms with Crippen molar-refractivity contribution >= 4 is 24.3 Å². The molecule has 5 N–H and O–H groups in total. The van der Waals surface area contributed by atoms with Crippen LogP contribution in [0.1, 0.15) is 16.8 Å². The van der Waals surface area contributed by atoms with Gasteiger partial charge in [0, 0.05) is 25.2 Å². The van der Waals surface area contributed by atoms with E-state index in [1.807, 2.05) is 0 Å². The van der Waals surface area contributed by atoms with Crippen molar-refractivity contribution in [3.63, 3.8) is 0 Å². The molecule has 0 fully saturated rings. The second-order valence-corrected chi connectivity index (χ2v) is 8.28. The smallest absolute Gasteiger partial charge is 0.324 e. The number of H-pyrrole nitrogens is 2. The molecule has 0 saturated heterocycles. The highest BCUT2D eigenvalue weighted by molar-refractivity contribution is 7.52. The number of benzene rings is 2. The van der Waals surface area contributed by atoms with Crippen LogP contribution >= 0.6 is 7.60 Å². The van der Waals surface area contributed by atoms with Gasteiger partial charge in [0.15, 0.2) is 0 Å². The van der Waals surface area contributed by atoms with Crippen molar-refractivity contribution in [2.45, 2.75) is 12.2 Å². The minimum Gasteiger partial charge on any atom is -0.324 e. The van der Waals surface area contributed by atoms with Gasteiger partial charge in [0.1, 0.15) is 5.82 Å². The number of non-ortho nitro benzene ring substituents is 1. The Hall–Kier alpha value is -3.18. The first-order valence-electron chi connectivity index (χ1n) is 8.51. The lowest BCUT2D eigenvalue weighted by molar-refractivity contribution is -0.384. The average molecular weight is 438 g/mol. The van der Waals surface area contributed by atoms with E-state index in [1.54, 1.807) is 0 Å². The normalized spacial score (nSPS) is 12.8. The molecule has 0 aliphatic carbocycles. The minimum atomic E-state index is -4.62. The van der Waals surface area contributed by atoms with Crippen molar-refractivity contribution in [1.29, 1.82) is 0 Å². The Kier molecular flexibility index (Phi) is 5.94. The summed E-state index contributed by atoms with van der Waals surface area (Å²) in [7, 11) is -4.62. The molecule has 2 aromatic carbocycles. The maximum absolute atomic E-state index is 13.1. The van der Waals surface area contributed by atoms with E-state index in [2.05, 4.69) is 15.3 Å². The SMILES string of the molecule is O=c1[nH]c2cc([N+](=O)[O-])cc(CNCC(c3ccc(F)cc3)P(=O)(O)O)c2[nH]c1=O. The number of hydrogen-bond donors (Lipinski definition) is 5. The molecule has 3 aromatic rings. The first-order chi connectivity index (χ1) is 14.1. The van der Waals surface area contributed by atoms with Gasteiger partial charge in [-0.05, 0) is 23.3 Å². The third-order valence-electron chi connectivity index (χ3n) is 4.42. The molecule has 13 heteroatoms. The summed E-state index contributed by atoms with van der Waals surface area (Å²) in [6, 6.07) is 6.93. The first-order valence-corrected chi connectivity index (χ1v) is 10.2. The molecule has 0 amide bonds. The van der Waals surface area contributed by atoms with Gasteiger partial charge in [-0.1, -0.05) is 12.1 Å². The van der Waals surface area contributed by atoms with Crippen LogP contribution in [0.5, 0.6) is 0 Å². The van der Waals surface area contributed by atoms with Gasteiger partial charge in [-0.25, -0.2) is 4.39 Å². The van der Waals surface area contributed by atoms with Crippen LogP contribution in [0.25, 0.3) is 11.0 Å². The van der Waals surface area contributed by atoms with E-state index in [0.29, 0.717) is 0 Å². The van der Waals surface area contributed by atoms with Crippen LogP contribution < -0.4 is 16.4 Å². The Morgan fingerprint density at radius 3 is 2.37 bits per heavy atom. The van der Waals surface area contributed by atoms with E-state index in [0.717, 1.165) is 18.2 Å². The summed E-state index contributed by atoms with van der Waals surface area (Å²) in [6.07, 6.45) is 0. The molecule has 158 valence electrons.